The molecule has 1 aliphatic carbocycles. The lowest BCUT2D eigenvalue weighted by Gasteiger charge is -2.06. The van der Waals surface area contributed by atoms with Crippen LogP contribution < -0.4 is 0 Å². The fourth-order valence-corrected chi connectivity index (χ4v) is 2.45. The molecule has 1 unspecified atom stereocenters. The summed E-state index contributed by atoms with van der Waals surface area (Å²) in [4.78, 5) is 3.80. The van der Waals surface area contributed by atoms with E-state index >= 15 is 0 Å². The number of aromatic hydroxyl groups is 1. The molecule has 1 N–H and O–H groups in total. The van der Waals surface area contributed by atoms with Crippen molar-refractivity contribution in [3.05, 3.63) is 10.4 Å². The summed E-state index contributed by atoms with van der Waals surface area (Å²) in [7, 11) is 0. The van der Waals surface area contributed by atoms with Gasteiger partial charge in [0.15, 0.2) is 0 Å². The van der Waals surface area contributed by atoms with Crippen LogP contribution in [0.1, 0.15) is 30.2 Å². The van der Waals surface area contributed by atoms with E-state index in [0.29, 0.717) is 11.4 Å². The van der Waals surface area contributed by atoms with Gasteiger partial charge in [-0.1, -0.05) is 0 Å². The van der Waals surface area contributed by atoms with Gasteiger partial charge in [-0.15, -0.1) is 11.3 Å². The molecule has 1 atom stereocenters. The Morgan fingerprint density at radius 1 is 1.62 bits per heavy atom. The predicted molar refractivity (Wildman–Crippen MR) is 45.3 cm³/mol. The van der Waals surface area contributed by atoms with Crippen molar-refractivity contribution in [3.63, 3.8) is 0 Å². The first kappa shape index (κ1) is 8.87. The van der Waals surface area contributed by atoms with Crippen molar-refractivity contribution in [2.24, 2.45) is 0 Å². The average molecular weight is 205 g/mol. The maximum atomic E-state index is 12.8. The quantitative estimate of drug-likeness (QED) is 0.764. The molecule has 72 valence electrons. The van der Waals surface area contributed by atoms with Crippen LogP contribution in [0.5, 0.6) is 5.88 Å². The van der Waals surface area contributed by atoms with Crippen LogP contribution in [-0.2, 0) is 0 Å². The van der Waals surface area contributed by atoms with E-state index in [1.165, 1.54) is 16.7 Å². The molecule has 0 radical (unpaired) electrons. The van der Waals surface area contributed by atoms with E-state index in [1.807, 2.05) is 0 Å². The average Bonchev–Trinajstić information content (AvgIpc) is 2.56. The number of hydrogen-bond donors (Lipinski definition) is 1. The van der Waals surface area contributed by atoms with Crippen LogP contribution in [0.3, 0.4) is 0 Å². The van der Waals surface area contributed by atoms with Crippen molar-refractivity contribution in [2.45, 2.75) is 31.1 Å². The van der Waals surface area contributed by atoms with E-state index in [0.717, 1.165) is 0 Å². The third kappa shape index (κ3) is 1.80. The van der Waals surface area contributed by atoms with Crippen molar-refractivity contribution < 1.29 is 13.9 Å². The number of aromatic nitrogens is 1. The second kappa shape index (κ2) is 2.90. The Labute approximate surface area is 78.2 Å². The van der Waals surface area contributed by atoms with Crippen molar-refractivity contribution in [1.29, 1.82) is 0 Å². The van der Waals surface area contributed by atoms with Gasteiger partial charge in [0.1, 0.15) is 0 Å². The Morgan fingerprint density at radius 2 is 2.38 bits per heavy atom. The second-order valence-electron chi connectivity index (χ2n) is 3.34. The summed E-state index contributed by atoms with van der Waals surface area (Å²) < 4.78 is 25.6. The van der Waals surface area contributed by atoms with Crippen LogP contribution in [-0.4, -0.2) is 16.0 Å². The Bertz CT molecular complexity index is 313. The number of thiazole rings is 1. The van der Waals surface area contributed by atoms with Crippen LogP contribution in [0, 0.1) is 0 Å². The minimum atomic E-state index is -2.54. The van der Waals surface area contributed by atoms with E-state index < -0.39 is 5.92 Å². The first-order chi connectivity index (χ1) is 6.07. The van der Waals surface area contributed by atoms with E-state index in [4.69, 9.17) is 5.11 Å². The molecule has 1 fully saturated rings. The van der Waals surface area contributed by atoms with Crippen LogP contribution in [0.25, 0.3) is 0 Å². The summed E-state index contributed by atoms with van der Waals surface area (Å²) in [5, 5.41) is 11.1. The summed E-state index contributed by atoms with van der Waals surface area (Å²) in [6, 6.07) is 0. The molecule has 1 heterocycles. The molecule has 13 heavy (non-hydrogen) atoms. The lowest BCUT2D eigenvalue weighted by Crippen LogP contribution is -2.08. The van der Waals surface area contributed by atoms with Gasteiger partial charge in [-0.25, -0.2) is 13.8 Å². The fraction of sp³-hybridized carbons (Fsp3) is 0.625. The minimum Gasteiger partial charge on any atom is -0.493 e. The van der Waals surface area contributed by atoms with Crippen molar-refractivity contribution >= 4 is 11.3 Å². The Kier molecular flexibility index (Phi) is 1.98. The highest BCUT2D eigenvalue weighted by molar-refractivity contribution is 7.09. The van der Waals surface area contributed by atoms with E-state index in [1.54, 1.807) is 0 Å². The zero-order chi connectivity index (χ0) is 9.47. The standard InChI is InChI=1S/C8H9F2NOS/c9-8(10)2-1-5(3-8)7-11-6(12)4-13-7/h4-5,12H,1-3H2. The molecule has 5 heteroatoms. The van der Waals surface area contributed by atoms with Gasteiger partial charge in [0.25, 0.3) is 0 Å². The van der Waals surface area contributed by atoms with Crippen LogP contribution >= 0.6 is 11.3 Å². The largest absolute Gasteiger partial charge is 0.493 e. The zero-order valence-electron chi connectivity index (χ0n) is 6.83. The molecular weight excluding hydrogens is 196 g/mol. The molecule has 0 spiro atoms. The number of halogens is 2. The molecule has 1 aromatic rings. The fourth-order valence-electron chi connectivity index (χ4n) is 1.63. The van der Waals surface area contributed by atoms with Gasteiger partial charge in [0.05, 0.1) is 10.4 Å². The van der Waals surface area contributed by atoms with Crippen LogP contribution in [0.15, 0.2) is 5.38 Å². The number of hydrogen-bond acceptors (Lipinski definition) is 3. The maximum absolute atomic E-state index is 12.8. The predicted octanol–water partition coefficient (Wildman–Crippen LogP) is 2.75. The Balaban J connectivity index is 2.12. The Hall–Kier alpha value is -0.710. The highest BCUT2D eigenvalue weighted by Gasteiger charge is 2.41. The monoisotopic (exact) mass is 205 g/mol. The van der Waals surface area contributed by atoms with Gasteiger partial charge < -0.3 is 5.11 Å². The summed E-state index contributed by atoms with van der Waals surface area (Å²) in [5.74, 6) is -2.76. The lowest BCUT2D eigenvalue weighted by molar-refractivity contribution is 0.00775. The second-order valence-corrected chi connectivity index (χ2v) is 4.23. The zero-order valence-corrected chi connectivity index (χ0v) is 7.65. The molecule has 1 aromatic heterocycles. The molecule has 1 aliphatic rings. The van der Waals surface area contributed by atoms with Gasteiger partial charge in [0.2, 0.25) is 11.8 Å². The number of nitrogens with zero attached hydrogens (tertiary/aromatic N) is 1. The van der Waals surface area contributed by atoms with Crippen LogP contribution in [0.4, 0.5) is 8.78 Å². The van der Waals surface area contributed by atoms with E-state index in [-0.39, 0.29) is 24.6 Å². The van der Waals surface area contributed by atoms with E-state index in [9.17, 15) is 8.78 Å². The third-order valence-corrected chi connectivity index (χ3v) is 3.26. The molecule has 0 bridgehead atoms. The summed E-state index contributed by atoms with van der Waals surface area (Å²) >= 11 is 1.25. The molecule has 2 rings (SSSR count). The smallest absolute Gasteiger partial charge is 0.248 e. The first-order valence-electron chi connectivity index (χ1n) is 4.09. The van der Waals surface area contributed by atoms with Crippen LogP contribution in [0.2, 0.25) is 0 Å². The molecule has 0 amide bonds. The Morgan fingerprint density at radius 3 is 2.85 bits per heavy atom. The van der Waals surface area contributed by atoms with Gasteiger partial charge in [-0.2, -0.15) is 0 Å². The van der Waals surface area contributed by atoms with Gasteiger partial charge in [0, 0.05) is 18.8 Å². The summed E-state index contributed by atoms with van der Waals surface area (Å²) in [5.41, 5.74) is 0. The van der Waals surface area contributed by atoms with Gasteiger partial charge in [-0.3, -0.25) is 0 Å². The molecule has 0 aromatic carbocycles. The molecule has 2 nitrogen and oxygen atoms in total. The van der Waals surface area contributed by atoms with Crippen molar-refractivity contribution in [2.75, 3.05) is 0 Å². The number of alkyl halides is 2. The maximum Gasteiger partial charge on any atom is 0.248 e. The van der Waals surface area contributed by atoms with Gasteiger partial charge >= 0.3 is 0 Å². The molecule has 0 aliphatic heterocycles. The van der Waals surface area contributed by atoms with Crippen molar-refractivity contribution in [1.82, 2.24) is 4.98 Å². The summed E-state index contributed by atoms with van der Waals surface area (Å²) in [6.45, 7) is 0. The number of rotatable bonds is 1. The molecule has 0 saturated heterocycles. The lowest BCUT2D eigenvalue weighted by atomic mass is 10.1. The highest BCUT2D eigenvalue weighted by atomic mass is 32.1. The minimum absolute atomic E-state index is 0.0575. The highest BCUT2D eigenvalue weighted by Crippen LogP contribution is 2.45. The van der Waals surface area contributed by atoms with Crippen molar-refractivity contribution in [3.8, 4) is 5.88 Å². The van der Waals surface area contributed by atoms with Gasteiger partial charge in [-0.05, 0) is 6.42 Å². The summed E-state index contributed by atoms with van der Waals surface area (Å²) in [6.07, 6.45) is 0.290. The SMILES string of the molecule is Oc1csc(C2CCC(F)(F)C2)n1. The molecular formula is C8H9F2NOS. The molecule has 1 saturated carbocycles. The normalized spacial score (nSPS) is 26.5. The first-order valence-corrected chi connectivity index (χ1v) is 4.97. The topological polar surface area (TPSA) is 33.1 Å². The third-order valence-electron chi connectivity index (χ3n) is 2.26. The van der Waals surface area contributed by atoms with E-state index in [2.05, 4.69) is 4.98 Å².